The Bertz CT molecular complexity index is 999. The summed E-state index contributed by atoms with van der Waals surface area (Å²) in [6, 6.07) is 10.5. The van der Waals surface area contributed by atoms with Crippen molar-refractivity contribution >= 4 is 11.6 Å². The van der Waals surface area contributed by atoms with Crippen LogP contribution in [0.3, 0.4) is 0 Å². The van der Waals surface area contributed by atoms with E-state index in [0.29, 0.717) is 6.42 Å². The molecule has 0 saturated carbocycles. The van der Waals surface area contributed by atoms with Crippen molar-refractivity contribution in [1.29, 1.82) is 0 Å². The second kappa shape index (κ2) is 7.16. The number of hydrogen-bond donors (Lipinski definition) is 1. The van der Waals surface area contributed by atoms with E-state index >= 15 is 0 Å². The molecule has 1 N–H and O–H groups in total. The van der Waals surface area contributed by atoms with Gasteiger partial charge in [-0.15, -0.1) is 0 Å². The number of pyridine rings is 1. The Hall–Kier alpha value is -2.66. The number of rotatable bonds is 3. The Morgan fingerprint density at radius 1 is 1.07 bits per heavy atom. The van der Waals surface area contributed by atoms with Gasteiger partial charge in [-0.3, -0.25) is 4.79 Å². The minimum absolute atomic E-state index is 0.170. The van der Waals surface area contributed by atoms with Gasteiger partial charge in [-0.2, -0.15) is 0 Å². The second-order valence-electron chi connectivity index (χ2n) is 7.45. The van der Waals surface area contributed by atoms with Gasteiger partial charge in [0.15, 0.2) is 0 Å². The van der Waals surface area contributed by atoms with E-state index in [1.54, 1.807) is 0 Å². The van der Waals surface area contributed by atoms with Gasteiger partial charge in [0.1, 0.15) is 5.65 Å². The fraction of sp³-hybridized carbons (Fsp3) is 0.364. The van der Waals surface area contributed by atoms with E-state index in [4.69, 9.17) is 4.98 Å². The molecule has 27 heavy (non-hydrogen) atoms. The second-order valence-corrected chi connectivity index (χ2v) is 7.45. The van der Waals surface area contributed by atoms with Crippen LogP contribution in [0.15, 0.2) is 36.5 Å². The summed E-state index contributed by atoms with van der Waals surface area (Å²) in [7, 11) is 0. The van der Waals surface area contributed by atoms with E-state index in [0.717, 1.165) is 48.8 Å². The van der Waals surface area contributed by atoms with Crippen molar-refractivity contribution in [2.45, 2.75) is 27.2 Å². The molecule has 1 fully saturated rings. The third-order valence-electron chi connectivity index (χ3n) is 5.45. The summed E-state index contributed by atoms with van der Waals surface area (Å²) in [4.78, 5) is 19.8. The van der Waals surface area contributed by atoms with E-state index in [1.807, 2.05) is 11.1 Å². The molecule has 5 nitrogen and oxygen atoms in total. The van der Waals surface area contributed by atoms with Crippen LogP contribution in [-0.4, -0.2) is 46.4 Å². The van der Waals surface area contributed by atoms with Crippen molar-refractivity contribution in [3.63, 3.8) is 0 Å². The molecule has 4 rings (SSSR count). The largest absolute Gasteiger partial charge is 0.340 e. The normalized spacial score (nSPS) is 14.7. The molecule has 3 heterocycles. The molecule has 1 amide bonds. The Balaban J connectivity index is 1.78. The van der Waals surface area contributed by atoms with Gasteiger partial charge in [0.05, 0.1) is 17.8 Å². The lowest BCUT2D eigenvalue weighted by atomic mass is 10.0. The van der Waals surface area contributed by atoms with Gasteiger partial charge in [0.2, 0.25) is 5.91 Å². The van der Waals surface area contributed by atoms with Crippen LogP contribution in [0.1, 0.15) is 22.4 Å². The zero-order valence-electron chi connectivity index (χ0n) is 16.2. The molecule has 3 aromatic rings. The predicted molar refractivity (Wildman–Crippen MR) is 108 cm³/mol. The van der Waals surface area contributed by atoms with Gasteiger partial charge in [0.25, 0.3) is 0 Å². The molecule has 0 aliphatic carbocycles. The summed E-state index contributed by atoms with van der Waals surface area (Å²) in [5, 5.41) is 3.30. The van der Waals surface area contributed by atoms with Crippen LogP contribution in [0.5, 0.6) is 0 Å². The minimum atomic E-state index is 0.170. The average Bonchev–Trinajstić information content (AvgIpc) is 3.02. The number of hydrogen-bond acceptors (Lipinski definition) is 3. The first-order valence-electron chi connectivity index (χ1n) is 9.56. The fourth-order valence-electron chi connectivity index (χ4n) is 3.66. The Labute approximate surface area is 160 Å². The van der Waals surface area contributed by atoms with Gasteiger partial charge in [-0.25, -0.2) is 4.98 Å². The van der Waals surface area contributed by atoms with Crippen LogP contribution < -0.4 is 5.32 Å². The van der Waals surface area contributed by atoms with Gasteiger partial charge < -0.3 is 14.6 Å². The zero-order chi connectivity index (χ0) is 19.0. The minimum Gasteiger partial charge on any atom is -0.340 e. The number of benzene rings is 1. The van der Waals surface area contributed by atoms with Crippen molar-refractivity contribution < 1.29 is 4.79 Å². The summed E-state index contributed by atoms with van der Waals surface area (Å²) in [6.45, 7) is 9.56. The Morgan fingerprint density at radius 2 is 1.85 bits per heavy atom. The molecule has 0 unspecified atom stereocenters. The number of imidazole rings is 1. The van der Waals surface area contributed by atoms with Crippen LogP contribution in [-0.2, 0) is 11.2 Å². The molecular formula is C22H26N4O. The molecule has 0 radical (unpaired) electrons. The quantitative estimate of drug-likeness (QED) is 0.779. The highest BCUT2D eigenvalue weighted by atomic mass is 16.2. The van der Waals surface area contributed by atoms with E-state index < -0.39 is 0 Å². The topological polar surface area (TPSA) is 49.6 Å². The van der Waals surface area contributed by atoms with Crippen molar-refractivity contribution in [1.82, 2.24) is 19.6 Å². The molecule has 0 atom stereocenters. The third kappa shape index (κ3) is 3.47. The first-order valence-corrected chi connectivity index (χ1v) is 9.56. The summed E-state index contributed by atoms with van der Waals surface area (Å²) in [5.41, 5.74) is 7.51. The predicted octanol–water partition coefficient (Wildman–Crippen LogP) is 2.90. The van der Waals surface area contributed by atoms with Crippen molar-refractivity contribution in [2.24, 2.45) is 0 Å². The Kier molecular flexibility index (Phi) is 4.70. The highest BCUT2D eigenvalue weighted by Gasteiger charge is 2.22. The van der Waals surface area contributed by atoms with Crippen LogP contribution in [0.2, 0.25) is 0 Å². The van der Waals surface area contributed by atoms with Crippen LogP contribution in [0.25, 0.3) is 16.9 Å². The monoisotopic (exact) mass is 362 g/mol. The van der Waals surface area contributed by atoms with Crippen molar-refractivity contribution in [3.05, 3.63) is 58.9 Å². The maximum absolute atomic E-state index is 12.9. The lowest BCUT2D eigenvalue weighted by Gasteiger charge is -2.27. The van der Waals surface area contributed by atoms with E-state index in [1.165, 1.54) is 16.7 Å². The average molecular weight is 362 g/mol. The lowest BCUT2D eigenvalue weighted by molar-refractivity contribution is -0.131. The lowest BCUT2D eigenvalue weighted by Crippen LogP contribution is -2.47. The smallest absolute Gasteiger partial charge is 0.228 e. The van der Waals surface area contributed by atoms with Crippen LogP contribution >= 0.6 is 0 Å². The number of carbonyl (C=O) groups excluding carboxylic acids is 1. The highest BCUT2D eigenvalue weighted by Crippen LogP contribution is 2.27. The number of carbonyl (C=O) groups is 1. The molecule has 0 bridgehead atoms. The SMILES string of the molecule is Cc1ccn2c(CC(=O)N3CCNCC3)c(-c3ccc(C)c(C)c3)nc2c1. The number of amides is 1. The molecule has 1 aromatic carbocycles. The number of nitrogens with one attached hydrogen (secondary N) is 1. The number of nitrogens with zero attached hydrogens (tertiary/aromatic N) is 3. The number of aromatic nitrogens is 2. The van der Waals surface area contributed by atoms with Crippen molar-refractivity contribution in [3.8, 4) is 11.3 Å². The maximum atomic E-state index is 12.9. The van der Waals surface area contributed by atoms with Gasteiger partial charge >= 0.3 is 0 Å². The molecule has 1 saturated heterocycles. The molecule has 5 heteroatoms. The zero-order valence-corrected chi connectivity index (χ0v) is 16.2. The van der Waals surface area contributed by atoms with Gasteiger partial charge in [-0.1, -0.05) is 12.1 Å². The van der Waals surface area contributed by atoms with Gasteiger partial charge in [0, 0.05) is 37.9 Å². The molecule has 1 aliphatic heterocycles. The van der Waals surface area contributed by atoms with E-state index in [-0.39, 0.29) is 5.91 Å². The number of piperazine rings is 1. The van der Waals surface area contributed by atoms with Crippen LogP contribution in [0.4, 0.5) is 0 Å². The molecular weight excluding hydrogens is 336 g/mol. The van der Waals surface area contributed by atoms with Crippen LogP contribution in [0, 0.1) is 20.8 Å². The Morgan fingerprint density at radius 3 is 2.59 bits per heavy atom. The summed E-state index contributed by atoms with van der Waals surface area (Å²) < 4.78 is 2.07. The summed E-state index contributed by atoms with van der Waals surface area (Å²) in [5.74, 6) is 0.170. The maximum Gasteiger partial charge on any atom is 0.228 e. The molecule has 1 aliphatic rings. The third-order valence-corrected chi connectivity index (χ3v) is 5.45. The molecule has 140 valence electrons. The number of aryl methyl sites for hydroxylation is 3. The number of fused-ring (bicyclic) bond motifs is 1. The molecule has 2 aromatic heterocycles. The van der Waals surface area contributed by atoms with Crippen molar-refractivity contribution in [2.75, 3.05) is 26.2 Å². The first-order chi connectivity index (χ1) is 13.0. The standard InChI is InChI=1S/C22H26N4O/c1-15-6-9-26-19(14-21(27)25-10-7-23-8-11-25)22(24-20(26)12-15)18-5-4-16(2)17(3)13-18/h4-6,9,12-13,23H,7-8,10-11,14H2,1-3H3. The molecule has 0 spiro atoms. The van der Waals surface area contributed by atoms with Gasteiger partial charge in [-0.05, 0) is 55.7 Å². The first kappa shape index (κ1) is 17.7. The fourth-order valence-corrected chi connectivity index (χ4v) is 3.66. The summed E-state index contributed by atoms with van der Waals surface area (Å²) in [6.07, 6.45) is 2.40. The van der Waals surface area contributed by atoms with E-state index in [2.05, 4.69) is 60.8 Å². The summed E-state index contributed by atoms with van der Waals surface area (Å²) >= 11 is 0. The highest BCUT2D eigenvalue weighted by molar-refractivity contribution is 5.82. The van der Waals surface area contributed by atoms with E-state index in [9.17, 15) is 4.79 Å².